The molecule has 0 radical (unpaired) electrons. The molecule has 0 heterocycles. The Morgan fingerprint density at radius 1 is 0.286 bits per heavy atom. The fourth-order valence-corrected chi connectivity index (χ4v) is 4.93. The van der Waals surface area contributed by atoms with E-state index in [1.165, 1.54) is 96.3 Å². The van der Waals surface area contributed by atoms with Gasteiger partial charge in [0.15, 0.2) is 0 Å². The molecule has 114 valence electrons. The van der Waals surface area contributed by atoms with E-state index in [9.17, 15) is 0 Å². The van der Waals surface area contributed by atoms with Crippen molar-refractivity contribution >= 4 is 0 Å². The molecule has 4 aliphatic carbocycles. The zero-order chi connectivity index (χ0) is 14.1. The largest absolute Gasteiger partial charge is 0.0617 e. The number of hydrogen-bond acceptors (Lipinski definition) is 0. The average Bonchev–Trinajstić information content (AvgIpc) is 3.33. The van der Waals surface area contributed by atoms with Crippen LogP contribution in [0.25, 0.3) is 0 Å². The second kappa shape index (κ2) is 6.15. The topological polar surface area (TPSA) is 0 Å². The molecule has 0 heteroatoms. The highest BCUT2D eigenvalue weighted by atomic mass is 14.4. The molecule has 0 atom stereocenters. The molecule has 0 aromatic heterocycles. The zero-order valence-corrected chi connectivity index (χ0v) is 13.6. The third-order valence-electron chi connectivity index (χ3n) is 6.12. The second-order valence-electron chi connectivity index (χ2n) is 7.62. The highest BCUT2D eigenvalue weighted by Gasteiger charge is 2.38. The maximum Gasteiger partial charge on any atom is -0.0108 e. The molecule has 0 amide bonds. The average molecular weight is 282 g/mol. The van der Waals surface area contributed by atoms with Crippen molar-refractivity contribution in [3.8, 4) is 0 Å². The first-order chi connectivity index (χ1) is 10.4. The van der Waals surface area contributed by atoms with Crippen LogP contribution >= 0.6 is 0 Å². The van der Waals surface area contributed by atoms with Crippen LogP contribution in [0.15, 0.2) is 33.4 Å². The van der Waals surface area contributed by atoms with Crippen LogP contribution in [0.5, 0.6) is 0 Å². The van der Waals surface area contributed by atoms with Crippen LogP contribution in [0.2, 0.25) is 0 Å². The lowest BCUT2D eigenvalue weighted by molar-refractivity contribution is 0.594. The fourth-order valence-electron chi connectivity index (χ4n) is 4.93. The lowest BCUT2D eigenvalue weighted by atomic mass is 9.92. The number of rotatable bonds is 0. The quantitative estimate of drug-likeness (QED) is 0.459. The predicted molar refractivity (Wildman–Crippen MR) is 90.3 cm³/mol. The van der Waals surface area contributed by atoms with Crippen LogP contribution in [0, 0.1) is 0 Å². The first-order valence-corrected chi connectivity index (χ1v) is 9.62. The van der Waals surface area contributed by atoms with E-state index in [4.69, 9.17) is 0 Å². The molecule has 21 heavy (non-hydrogen) atoms. The summed E-state index contributed by atoms with van der Waals surface area (Å²) >= 11 is 0. The summed E-state index contributed by atoms with van der Waals surface area (Å²) in [7, 11) is 0. The number of hydrogen-bond donors (Lipinski definition) is 0. The third-order valence-corrected chi connectivity index (χ3v) is 6.12. The summed E-state index contributed by atoms with van der Waals surface area (Å²) < 4.78 is 0. The van der Waals surface area contributed by atoms with E-state index < -0.39 is 0 Å². The highest BCUT2D eigenvalue weighted by molar-refractivity contribution is 5.82. The molecule has 0 aromatic rings. The fraction of sp³-hybridized carbons (Fsp3) is 0.714. The molecule has 4 fully saturated rings. The minimum absolute atomic E-state index is 1.41. The molecule has 0 bridgehead atoms. The standard InChI is InChI=1S/C21H30/c1-4-10-16(11-5-1)19-20(17-12-6-2-7-13-17)21(19)18-14-8-3-9-15-18/h1-15H2. The van der Waals surface area contributed by atoms with Gasteiger partial charge >= 0.3 is 0 Å². The molecule has 0 saturated heterocycles. The van der Waals surface area contributed by atoms with Gasteiger partial charge in [-0.05, 0) is 93.8 Å². The van der Waals surface area contributed by atoms with E-state index in [0.29, 0.717) is 0 Å². The minimum Gasteiger partial charge on any atom is -0.0617 e. The molecule has 0 aliphatic heterocycles. The van der Waals surface area contributed by atoms with Crippen molar-refractivity contribution in [3.05, 3.63) is 33.4 Å². The van der Waals surface area contributed by atoms with Crippen LogP contribution in [0.1, 0.15) is 96.3 Å². The van der Waals surface area contributed by atoms with Gasteiger partial charge in [0.1, 0.15) is 0 Å². The van der Waals surface area contributed by atoms with E-state index in [0.717, 1.165) is 0 Å². The molecule has 0 unspecified atom stereocenters. The summed E-state index contributed by atoms with van der Waals surface area (Å²) in [5.74, 6) is 0. The van der Waals surface area contributed by atoms with E-state index in [2.05, 4.69) is 0 Å². The Bertz CT molecular complexity index is 400. The Hall–Kier alpha value is -0.780. The van der Waals surface area contributed by atoms with Gasteiger partial charge in [-0.3, -0.25) is 0 Å². The molecule has 0 aromatic carbocycles. The maximum atomic E-state index is 1.85. The lowest BCUT2D eigenvalue weighted by Crippen LogP contribution is -1.95. The Balaban J connectivity index is 1.72. The lowest BCUT2D eigenvalue weighted by Gasteiger charge is -2.14. The normalized spacial score (nSPS) is 27.4. The van der Waals surface area contributed by atoms with E-state index in [1.54, 1.807) is 0 Å². The van der Waals surface area contributed by atoms with Gasteiger partial charge in [0, 0.05) is 0 Å². The Labute approximate surface area is 130 Å². The second-order valence-corrected chi connectivity index (χ2v) is 7.62. The molecule has 0 spiro atoms. The van der Waals surface area contributed by atoms with Crippen LogP contribution in [-0.2, 0) is 0 Å². The van der Waals surface area contributed by atoms with Crippen LogP contribution in [-0.4, -0.2) is 0 Å². The smallest absolute Gasteiger partial charge is 0.0108 e. The number of allylic oxidation sites excluding steroid dienone is 6. The van der Waals surface area contributed by atoms with Gasteiger partial charge in [0.2, 0.25) is 0 Å². The summed E-state index contributed by atoms with van der Waals surface area (Å²) in [5, 5.41) is 0. The molecular weight excluding hydrogens is 252 g/mol. The van der Waals surface area contributed by atoms with E-state index in [-0.39, 0.29) is 0 Å². The van der Waals surface area contributed by atoms with Crippen LogP contribution in [0.3, 0.4) is 0 Å². The van der Waals surface area contributed by atoms with Gasteiger partial charge in [-0.1, -0.05) is 36.0 Å². The summed E-state index contributed by atoms with van der Waals surface area (Å²) in [4.78, 5) is 0. The zero-order valence-electron chi connectivity index (χ0n) is 13.6. The summed E-state index contributed by atoms with van der Waals surface area (Å²) in [6.45, 7) is 0. The molecule has 4 aliphatic rings. The summed E-state index contributed by atoms with van der Waals surface area (Å²) in [6, 6.07) is 0. The summed E-state index contributed by atoms with van der Waals surface area (Å²) in [6.07, 6.45) is 21.5. The van der Waals surface area contributed by atoms with Crippen molar-refractivity contribution in [2.45, 2.75) is 96.3 Å². The molecular formula is C21H30. The molecule has 4 saturated carbocycles. The van der Waals surface area contributed by atoms with Crippen molar-refractivity contribution in [2.75, 3.05) is 0 Å². The Kier molecular flexibility index (Phi) is 4.05. The van der Waals surface area contributed by atoms with Gasteiger partial charge in [0.05, 0.1) is 0 Å². The predicted octanol–water partition coefficient (Wildman–Crippen LogP) is 6.78. The maximum absolute atomic E-state index is 1.85. The minimum atomic E-state index is 1.41. The highest BCUT2D eigenvalue weighted by Crippen LogP contribution is 2.56. The first-order valence-electron chi connectivity index (χ1n) is 9.62. The Morgan fingerprint density at radius 2 is 0.524 bits per heavy atom. The van der Waals surface area contributed by atoms with Crippen molar-refractivity contribution < 1.29 is 0 Å². The van der Waals surface area contributed by atoms with Crippen LogP contribution < -0.4 is 0 Å². The van der Waals surface area contributed by atoms with Gasteiger partial charge in [-0.15, -0.1) is 0 Å². The van der Waals surface area contributed by atoms with Crippen molar-refractivity contribution in [3.63, 3.8) is 0 Å². The molecule has 0 nitrogen and oxygen atoms in total. The van der Waals surface area contributed by atoms with Gasteiger partial charge in [0.25, 0.3) is 0 Å². The van der Waals surface area contributed by atoms with Crippen molar-refractivity contribution in [1.82, 2.24) is 0 Å². The Morgan fingerprint density at radius 3 is 0.762 bits per heavy atom. The van der Waals surface area contributed by atoms with Gasteiger partial charge in [-0.25, -0.2) is 0 Å². The van der Waals surface area contributed by atoms with E-state index >= 15 is 0 Å². The SMILES string of the molecule is C1CCC(=C2C(=C3CCCCC3)C2=C2CCCCC2)CC1. The molecule has 4 rings (SSSR count). The van der Waals surface area contributed by atoms with Crippen molar-refractivity contribution in [2.24, 2.45) is 0 Å². The van der Waals surface area contributed by atoms with Gasteiger partial charge in [-0.2, -0.15) is 0 Å². The van der Waals surface area contributed by atoms with E-state index in [1.807, 2.05) is 33.4 Å². The van der Waals surface area contributed by atoms with Crippen molar-refractivity contribution in [1.29, 1.82) is 0 Å². The third kappa shape index (κ3) is 2.79. The molecule has 0 N–H and O–H groups in total. The first kappa shape index (κ1) is 13.9. The monoisotopic (exact) mass is 282 g/mol. The summed E-state index contributed by atoms with van der Waals surface area (Å²) in [5.41, 5.74) is 11.0. The van der Waals surface area contributed by atoms with Crippen LogP contribution in [0.4, 0.5) is 0 Å². The van der Waals surface area contributed by atoms with Gasteiger partial charge < -0.3 is 0 Å².